The van der Waals surface area contributed by atoms with E-state index in [1.807, 2.05) is 231 Å². The van der Waals surface area contributed by atoms with Gasteiger partial charge in [0.25, 0.3) is 0 Å². The second-order valence-corrected chi connectivity index (χ2v) is 18.4. The lowest BCUT2D eigenvalue weighted by Gasteiger charge is -2.37. The highest BCUT2D eigenvalue weighted by Crippen LogP contribution is 2.45. The average Bonchev–Trinajstić information content (AvgIpc) is 3.80. The van der Waals surface area contributed by atoms with Crippen molar-refractivity contribution in [3.05, 3.63) is 275 Å². The van der Waals surface area contributed by atoms with Gasteiger partial charge in [0.2, 0.25) is 23.6 Å². The van der Waals surface area contributed by atoms with Gasteiger partial charge in [-0.25, -0.2) is 4.79 Å². The molecule has 0 radical (unpaired) electrons. The number of carbonyl (C=O) groups is 6. The van der Waals surface area contributed by atoms with E-state index in [1.165, 1.54) is 0 Å². The van der Waals surface area contributed by atoms with Crippen molar-refractivity contribution < 1.29 is 38.6 Å². The Morgan fingerprint density at radius 1 is 0.421 bits per heavy atom. The van der Waals surface area contributed by atoms with E-state index >= 15 is 0 Å². The highest BCUT2D eigenvalue weighted by molar-refractivity contribution is 5.97. The smallest absolute Gasteiger partial charge is 0.407 e. The molecule has 2 atom stereocenters. The van der Waals surface area contributed by atoms with Crippen molar-refractivity contribution in [1.29, 1.82) is 0 Å². The fraction of sp³-hybridized carbons (Fsp3) is 0.143. The summed E-state index contributed by atoms with van der Waals surface area (Å²) in [5.41, 5.74) is 5.44. The minimum atomic E-state index is -1.72. The Hall–Kier alpha value is -9.62. The van der Waals surface area contributed by atoms with Crippen LogP contribution in [0.3, 0.4) is 0 Å². The first-order chi connectivity index (χ1) is 37.1. The van der Waals surface area contributed by atoms with Gasteiger partial charge in [-0.3, -0.25) is 24.0 Å². The van der Waals surface area contributed by atoms with Crippen molar-refractivity contribution in [3.8, 4) is 11.1 Å². The molecule has 0 unspecified atom stereocenters. The molecular formula is C63H55N5O8. The SMILES string of the molecule is O=C(O)CNC(=O)[C@H](CC(=O)NC(c1ccccc1)(c1ccccc1)c1ccccc1)NC(=O)[C@H](CC(=O)NC(c1ccccc1)(c1ccccc1)c1ccccc1)NC(=O)OCC1c2ccccc2-c2ccccc21. The Kier molecular flexibility index (Phi) is 15.9. The molecule has 9 rings (SSSR count). The minimum Gasteiger partial charge on any atom is -0.480 e. The second kappa shape index (κ2) is 23.5. The van der Waals surface area contributed by atoms with Gasteiger partial charge >= 0.3 is 12.1 Å². The molecule has 0 heterocycles. The van der Waals surface area contributed by atoms with Crippen LogP contribution in [0, 0.1) is 0 Å². The van der Waals surface area contributed by atoms with Crippen LogP contribution in [0.25, 0.3) is 11.1 Å². The predicted octanol–water partition coefficient (Wildman–Crippen LogP) is 8.58. The molecule has 8 aromatic carbocycles. The molecule has 6 N–H and O–H groups in total. The highest BCUT2D eigenvalue weighted by Gasteiger charge is 2.42. The van der Waals surface area contributed by atoms with Crippen LogP contribution in [0.2, 0.25) is 0 Å². The Labute approximate surface area is 440 Å². The Morgan fingerprint density at radius 3 is 1.08 bits per heavy atom. The highest BCUT2D eigenvalue weighted by atomic mass is 16.5. The molecule has 0 aromatic heterocycles. The van der Waals surface area contributed by atoms with Crippen LogP contribution in [0.5, 0.6) is 0 Å². The van der Waals surface area contributed by atoms with Gasteiger partial charge in [0.1, 0.15) is 36.3 Å². The van der Waals surface area contributed by atoms with Gasteiger partial charge in [0.15, 0.2) is 0 Å². The standard InChI is InChI=1S/C63H55N5O8/c69-56(67-62(43-23-7-1-8-24-43,44-25-9-2-10-26-44)45-27-11-3-12-28-45)39-54(59(73)64-41-58(71)72)65-60(74)55(66-61(75)76-42-53-51-37-21-19-35-49(51)50-36-20-22-38-52(50)53)40-57(70)68-63(46-29-13-4-14-30-46,47-31-15-5-16-32-47)48-33-17-6-18-34-48/h1-38,53-55H,39-42H2,(H,64,73)(H,65,74)(H,66,75)(H,67,69)(H,68,70)(H,71,72)/t54-,55-/m0/s1. The van der Waals surface area contributed by atoms with Crippen LogP contribution in [0.1, 0.15) is 63.3 Å². The molecular weight excluding hydrogens is 955 g/mol. The van der Waals surface area contributed by atoms with Gasteiger partial charge < -0.3 is 36.4 Å². The van der Waals surface area contributed by atoms with Gasteiger partial charge in [-0.2, -0.15) is 0 Å². The molecule has 1 aliphatic rings. The third-order valence-corrected chi connectivity index (χ3v) is 13.7. The third kappa shape index (κ3) is 11.1. The molecule has 0 aliphatic heterocycles. The number of carboxylic acid groups (broad SMARTS) is 1. The molecule has 0 spiro atoms. The maximum Gasteiger partial charge on any atom is 0.407 e. The summed E-state index contributed by atoms with van der Waals surface area (Å²) in [6.07, 6.45) is -2.41. The van der Waals surface area contributed by atoms with Gasteiger partial charge in [-0.15, -0.1) is 0 Å². The largest absolute Gasteiger partial charge is 0.480 e. The number of alkyl carbamates (subject to hydrolysis) is 1. The molecule has 0 fully saturated rings. The van der Waals surface area contributed by atoms with Crippen LogP contribution in [-0.2, 0) is 39.8 Å². The molecule has 0 saturated heterocycles. The summed E-state index contributed by atoms with van der Waals surface area (Å²) in [5.74, 6) is -5.13. The Bertz CT molecular complexity index is 3070. The van der Waals surface area contributed by atoms with Crippen LogP contribution in [0.15, 0.2) is 231 Å². The molecule has 13 heteroatoms. The molecule has 0 bridgehead atoms. The van der Waals surface area contributed by atoms with Crippen LogP contribution >= 0.6 is 0 Å². The normalized spacial score (nSPS) is 12.6. The lowest BCUT2D eigenvalue weighted by atomic mass is 9.77. The summed E-state index contributed by atoms with van der Waals surface area (Å²) in [6, 6.07) is 68.0. The molecule has 0 saturated carbocycles. The van der Waals surface area contributed by atoms with E-state index in [1.54, 1.807) is 0 Å². The number of hydrogen-bond acceptors (Lipinski definition) is 7. The van der Waals surface area contributed by atoms with E-state index in [4.69, 9.17) is 4.74 Å². The van der Waals surface area contributed by atoms with Crippen LogP contribution in [0.4, 0.5) is 4.79 Å². The van der Waals surface area contributed by atoms with Crippen molar-refractivity contribution in [2.45, 2.75) is 41.9 Å². The first-order valence-electron chi connectivity index (χ1n) is 24.9. The number of hydrogen-bond donors (Lipinski definition) is 6. The summed E-state index contributed by atoms with van der Waals surface area (Å²) >= 11 is 0. The van der Waals surface area contributed by atoms with E-state index in [9.17, 15) is 33.9 Å². The van der Waals surface area contributed by atoms with E-state index in [0.717, 1.165) is 22.3 Å². The van der Waals surface area contributed by atoms with E-state index in [2.05, 4.69) is 26.6 Å². The van der Waals surface area contributed by atoms with Crippen LogP contribution in [-0.4, -0.2) is 66.0 Å². The summed E-state index contributed by atoms with van der Waals surface area (Å²) in [6.45, 7) is -0.953. The first kappa shape index (κ1) is 51.3. The second-order valence-electron chi connectivity index (χ2n) is 18.4. The number of carboxylic acids is 1. The number of benzene rings is 8. The first-order valence-corrected chi connectivity index (χ1v) is 24.9. The van der Waals surface area contributed by atoms with Crippen LogP contribution < -0.4 is 26.6 Å². The fourth-order valence-corrected chi connectivity index (χ4v) is 10.2. The number of fused-ring (bicyclic) bond motifs is 3. The summed E-state index contributed by atoms with van der Waals surface area (Å²) in [4.78, 5) is 84.8. The zero-order valence-corrected chi connectivity index (χ0v) is 41.3. The van der Waals surface area contributed by atoms with Crippen molar-refractivity contribution >= 4 is 35.7 Å². The van der Waals surface area contributed by atoms with Crippen molar-refractivity contribution in [3.63, 3.8) is 0 Å². The monoisotopic (exact) mass is 1010 g/mol. The van der Waals surface area contributed by atoms with E-state index < -0.39 is 78.2 Å². The lowest BCUT2D eigenvalue weighted by Crippen LogP contribution is -2.58. The summed E-state index contributed by atoms with van der Waals surface area (Å²) in [7, 11) is 0. The summed E-state index contributed by atoms with van der Waals surface area (Å²) in [5, 5.41) is 23.6. The van der Waals surface area contributed by atoms with Gasteiger partial charge in [-0.1, -0.05) is 231 Å². The quantitative estimate of drug-likeness (QED) is 0.0409. The third-order valence-electron chi connectivity index (χ3n) is 13.7. The number of nitrogens with one attached hydrogen (secondary N) is 5. The molecule has 13 nitrogen and oxygen atoms in total. The Balaban J connectivity index is 1.05. The van der Waals surface area contributed by atoms with E-state index in [0.29, 0.717) is 33.4 Å². The van der Waals surface area contributed by atoms with E-state index in [-0.39, 0.29) is 12.5 Å². The zero-order valence-electron chi connectivity index (χ0n) is 41.3. The number of ether oxygens (including phenoxy) is 1. The lowest BCUT2D eigenvalue weighted by molar-refractivity contribution is -0.139. The molecule has 380 valence electrons. The average molecular weight is 1010 g/mol. The topological polar surface area (TPSA) is 192 Å². The maximum atomic E-state index is 15.0. The number of carbonyl (C=O) groups excluding carboxylic acids is 5. The molecule has 5 amide bonds. The number of amides is 5. The molecule has 8 aromatic rings. The summed E-state index contributed by atoms with van der Waals surface area (Å²) < 4.78 is 5.90. The molecule has 76 heavy (non-hydrogen) atoms. The predicted molar refractivity (Wildman–Crippen MR) is 289 cm³/mol. The molecule has 1 aliphatic carbocycles. The van der Waals surface area contributed by atoms with Gasteiger partial charge in [0, 0.05) is 5.92 Å². The number of aliphatic carboxylic acids is 1. The van der Waals surface area contributed by atoms with Crippen molar-refractivity contribution in [1.82, 2.24) is 26.6 Å². The maximum absolute atomic E-state index is 15.0. The number of rotatable bonds is 20. The fourth-order valence-electron chi connectivity index (χ4n) is 10.2. The Morgan fingerprint density at radius 2 is 0.737 bits per heavy atom. The zero-order chi connectivity index (χ0) is 52.9. The van der Waals surface area contributed by atoms with Crippen molar-refractivity contribution in [2.75, 3.05) is 13.2 Å². The van der Waals surface area contributed by atoms with Crippen molar-refractivity contribution in [2.24, 2.45) is 0 Å². The van der Waals surface area contributed by atoms with Gasteiger partial charge in [0.05, 0.1) is 12.8 Å². The van der Waals surface area contributed by atoms with Gasteiger partial charge in [-0.05, 0) is 55.6 Å². The minimum absolute atomic E-state index is 0.119.